The zero-order valence-electron chi connectivity index (χ0n) is 15.5. The maximum atomic E-state index is 12.4. The van der Waals surface area contributed by atoms with E-state index in [0.717, 1.165) is 0 Å². The molecule has 0 bridgehead atoms. The first kappa shape index (κ1) is 18.1. The van der Waals surface area contributed by atoms with Crippen LogP contribution in [0.5, 0.6) is 0 Å². The fourth-order valence-corrected chi connectivity index (χ4v) is 2.39. The molecule has 1 fully saturated rings. The van der Waals surface area contributed by atoms with E-state index < -0.39 is 23.9 Å². The summed E-state index contributed by atoms with van der Waals surface area (Å²) in [4.78, 5) is 14.0. The van der Waals surface area contributed by atoms with Crippen LogP contribution < -0.4 is 0 Å². The van der Waals surface area contributed by atoms with Crippen LogP contribution in [0.15, 0.2) is 11.4 Å². The molecule has 0 aromatic heterocycles. The van der Waals surface area contributed by atoms with Crippen molar-refractivity contribution in [2.24, 2.45) is 0 Å². The van der Waals surface area contributed by atoms with Gasteiger partial charge < -0.3 is 18.8 Å². The number of carbonyl (C=O) groups excluding carboxylic acids is 1. The molecule has 0 atom stereocenters. The Morgan fingerprint density at radius 1 is 1.17 bits per heavy atom. The first-order valence-corrected chi connectivity index (χ1v) is 8.04. The Labute approximate surface area is 139 Å². The molecule has 2 heterocycles. The summed E-state index contributed by atoms with van der Waals surface area (Å²) in [5, 5.41) is 0. The summed E-state index contributed by atoms with van der Waals surface area (Å²) in [6.07, 6.45) is -0.382. The van der Waals surface area contributed by atoms with Crippen molar-refractivity contribution in [1.29, 1.82) is 0 Å². The molecule has 130 valence electrons. The monoisotopic (exact) mass is 325 g/mol. The summed E-state index contributed by atoms with van der Waals surface area (Å²) in [6.45, 7) is 16.1. The molecule has 1 amide bonds. The van der Waals surface area contributed by atoms with Gasteiger partial charge in [0, 0.05) is 0 Å². The number of carbonyl (C=O) groups is 1. The number of amides is 1. The van der Waals surface area contributed by atoms with Crippen LogP contribution >= 0.6 is 0 Å². The van der Waals surface area contributed by atoms with Gasteiger partial charge in [0.05, 0.1) is 23.4 Å². The predicted molar refractivity (Wildman–Crippen MR) is 87.7 cm³/mol. The third kappa shape index (κ3) is 3.66. The molecule has 7 heteroatoms. The van der Waals surface area contributed by atoms with E-state index in [2.05, 4.69) is 0 Å². The molecule has 0 unspecified atom stereocenters. The second kappa shape index (κ2) is 5.70. The average molecular weight is 325 g/mol. The SMILES string of the molecule is CC1=C(B2OC(C)(C)C(C)(C)O2)OCCN1C(=O)OC(C)(C)C. The van der Waals surface area contributed by atoms with Gasteiger partial charge in [-0.1, -0.05) is 0 Å². The minimum absolute atomic E-state index is 0.382. The number of nitrogens with zero attached hydrogens (tertiary/aromatic N) is 1. The van der Waals surface area contributed by atoms with E-state index in [1.54, 1.807) is 4.90 Å². The van der Waals surface area contributed by atoms with Crippen LogP contribution in [0.4, 0.5) is 4.79 Å². The summed E-state index contributed by atoms with van der Waals surface area (Å²) in [6, 6.07) is 0. The Hall–Kier alpha value is -1.21. The van der Waals surface area contributed by atoms with Gasteiger partial charge in [-0.2, -0.15) is 0 Å². The second-order valence-corrected chi connectivity index (χ2v) is 8.02. The van der Waals surface area contributed by atoms with E-state index in [1.165, 1.54) is 0 Å². The minimum atomic E-state index is -0.620. The Morgan fingerprint density at radius 2 is 1.70 bits per heavy atom. The van der Waals surface area contributed by atoms with Crippen molar-refractivity contribution in [2.75, 3.05) is 13.2 Å². The van der Waals surface area contributed by atoms with Crippen molar-refractivity contribution in [2.45, 2.75) is 72.2 Å². The van der Waals surface area contributed by atoms with Gasteiger partial charge >= 0.3 is 13.2 Å². The Kier molecular flexibility index (Phi) is 4.50. The van der Waals surface area contributed by atoms with Gasteiger partial charge in [-0.3, -0.25) is 4.90 Å². The highest BCUT2D eigenvalue weighted by Gasteiger charge is 2.54. The highest BCUT2D eigenvalue weighted by atomic mass is 16.7. The zero-order valence-corrected chi connectivity index (χ0v) is 15.5. The summed E-state index contributed by atoms with van der Waals surface area (Å²) < 4.78 is 23.2. The van der Waals surface area contributed by atoms with Gasteiger partial charge in [-0.15, -0.1) is 0 Å². The Balaban J connectivity index is 2.22. The van der Waals surface area contributed by atoms with Crippen LogP contribution in [0.25, 0.3) is 0 Å². The fraction of sp³-hybridized carbons (Fsp3) is 0.812. The molecule has 0 aliphatic carbocycles. The zero-order chi connectivity index (χ0) is 17.6. The molecule has 6 nitrogen and oxygen atoms in total. The Morgan fingerprint density at radius 3 is 2.17 bits per heavy atom. The number of hydrogen-bond donors (Lipinski definition) is 0. The van der Waals surface area contributed by atoms with Crippen LogP contribution in [0.1, 0.15) is 55.4 Å². The quantitative estimate of drug-likeness (QED) is 0.693. The summed E-state index contributed by atoms with van der Waals surface area (Å²) in [7, 11) is -0.620. The van der Waals surface area contributed by atoms with E-state index in [-0.39, 0.29) is 6.09 Å². The van der Waals surface area contributed by atoms with Crippen LogP contribution in [-0.2, 0) is 18.8 Å². The molecular weight excluding hydrogens is 297 g/mol. The maximum absolute atomic E-state index is 12.4. The number of hydrogen-bond acceptors (Lipinski definition) is 5. The van der Waals surface area contributed by atoms with Crippen molar-refractivity contribution >= 4 is 13.2 Å². The summed E-state index contributed by atoms with van der Waals surface area (Å²) in [5.74, 6) is 0. The molecule has 0 N–H and O–H groups in total. The molecule has 2 rings (SSSR count). The smallest absolute Gasteiger partial charge is 0.498 e. The van der Waals surface area contributed by atoms with Gasteiger partial charge in [0.2, 0.25) is 0 Å². The molecule has 0 saturated carbocycles. The van der Waals surface area contributed by atoms with E-state index in [1.807, 2.05) is 55.4 Å². The lowest BCUT2D eigenvalue weighted by Gasteiger charge is -2.32. The standard InChI is InChI=1S/C16H28BNO5/c1-11-12(17-22-15(5,6)16(7,8)23-17)20-10-9-18(11)13(19)21-14(2,3)4/h9-10H2,1-8H3. The fourth-order valence-electron chi connectivity index (χ4n) is 2.39. The third-order valence-electron chi connectivity index (χ3n) is 4.42. The van der Waals surface area contributed by atoms with Gasteiger partial charge in [-0.05, 0) is 55.4 Å². The van der Waals surface area contributed by atoms with Crippen LogP contribution in [-0.4, -0.2) is 48.1 Å². The van der Waals surface area contributed by atoms with E-state index in [4.69, 9.17) is 18.8 Å². The number of rotatable bonds is 1. The van der Waals surface area contributed by atoms with Gasteiger partial charge in [0.1, 0.15) is 17.9 Å². The van der Waals surface area contributed by atoms with E-state index >= 15 is 0 Å². The van der Waals surface area contributed by atoms with Crippen LogP contribution in [0, 0.1) is 0 Å². The van der Waals surface area contributed by atoms with Gasteiger partial charge in [0.15, 0.2) is 0 Å². The maximum Gasteiger partial charge on any atom is 0.534 e. The van der Waals surface area contributed by atoms with E-state index in [9.17, 15) is 4.79 Å². The lowest BCUT2D eigenvalue weighted by atomic mass is 9.84. The van der Waals surface area contributed by atoms with Crippen LogP contribution in [0.3, 0.4) is 0 Å². The van der Waals surface area contributed by atoms with Crippen LogP contribution in [0.2, 0.25) is 0 Å². The number of ether oxygens (including phenoxy) is 2. The Bertz CT molecular complexity index is 505. The average Bonchev–Trinajstić information content (AvgIpc) is 2.56. The van der Waals surface area contributed by atoms with Gasteiger partial charge in [0.25, 0.3) is 0 Å². The molecule has 0 aromatic carbocycles. The molecule has 23 heavy (non-hydrogen) atoms. The van der Waals surface area contributed by atoms with Crippen molar-refractivity contribution < 1.29 is 23.6 Å². The number of allylic oxidation sites excluding steroid dienone is 1. The molecule has 0 aromatic rings. The van der Waals surface area contributed by atoms with Crippen molar-refractivity contribution in [1.82, 2.24) is 4.90 Å². The van der Waals surface area contributed by atoms with Crippen molar-refractivity contribution in [3.63, 3.8) is 0 Å². The minimum Gasteiger partial charge on any atom is -0.498 e. The summed E-state index contributed by atoms with van der Waals surface area (Å²) in [5.41, 5.74) is -0.240. The summed E-state index contributed by atoms with van der Waals surface area (Å²) >= 11 is 0. The molecule has 1 saturated heterocycles. The lowest BCUT2D eigenvalue weighted by Crippen LogP contribution is -2.43. The van der Waals surface area contributed by atoms with E-state index in [0.29, 0.717) is 24.5 Å². The first-order chi connectivity index (χ1) is 10.3. The normalized spacial score (nSPS) is 23.8. The second-order valence-electron chi connectivity index (χ2n) is 8.02. The highest BCUT2D eigenvalue weighted by molar-refractivity contribution is 6.54. The third-order valence-corrected chi connectivity index (χ3v) is 4.42. The lowest BCUT2D eigenvalue weighted by molar-refractivity contribution is 0.00578. The van der Waals surface area contributed by atoms with Crippen molar-refractivity contribution in [3.05, 3.63) is 11.4 Å². The van der Waals surface area contributed by atoms with Crippen molar-refractivity contribution in [3.8, 4) is 0 Å². The molecule has 0 spiro atoms. The largest absolute Gasteiger partial charge is 0.534 e. The molecule has 2 aliphatic rings. The highest BCUT2D eigenvalue weighted by Crippen LogP contribution is 2.40. The topological polar surface area (TPSA) is 57.2 Å². The molecule has 0 radical (unpaired) electrons. The predicted octanol–water partition coefficient (Wildman–Crippen LogP) is 3.12. The first-order valence-electron chi connectivity index (χ1n) is 8.04. The molecule has 2 aliphatic heterocycles. The van der Waals surface area contributed by atoms with Gasteiger partial charge in [-0.25, -0.2) is 4.79 Å². The molecular formula is C16H28BNO5.